The fourth-order valence-corrected chi connectivity index (χ4v) is 4.15. The van der Waals surface area contributed by atoms with Gasteiger partial charge in [-0.2, -0.15) is 0 Å². The van der Waals surface area contributed by atoms with Gasteiger partial charge in [-0.05, 0) is 60.7 Å². The van der Waals surface area contributed by atoms with Gasteiger partial charge in [0.15, 0.2) is 0 Å². The second kappa shape index (κ2) is 9.53. The Kier molecular flexibility index (Phi) is 6.55. The van der Waals surface area contributed by atoms with Gasteiger partial charge in [-0.3, -0.25) is 4.79 Å². The van der Waals surface area contributed by atoms with Crippen LogP contribution < -0.4 is 10.1 Å². The van der Waals surface area contributed by atoms with E-state index in [1.165, 1.54) is 10.8 Å². The fourth-order valence-electron chi connectivity index (χ4n) is 4.15. The van der Waals surface area contributed by atoms with Crippen LogP contribution in [0.2, 0.25) is 0 Å². The van der Waals surface area contributed by atoms with Gasteiger partial charge < -0.3 is 14.5 Å². The van der Waals surface area contributed by atoms with Gasteiger partial charge in [0, 0.05) is 34.7 Å². The van der Waals surface area contributed by atoms with Crippen molar-refractivity contribution in [3.8, 4) is 16.9 Å². The van der Waals surface area contributed by atoms with E-state index in [0.29, 0.717) is 19.1 Å². The molecule has 4 nitrogen and oxygen atoms in total. The molecule has 1 aromatic heterocycles. The number of benzene rings is 3. The number of hydrogen-bond donors (Lipinski definition) is 1. The first-order chi connectivity index (χ1) is 15.9. The number of rotatable bonds is 7. The van der Waals surface area contributed by atoms with Gasteiger partial charge >= 0.3 is 0 Å². The molecule has 4 rings (SSSR count). The number of carbonyl (C=O) groups excluding carboxylic acids is 1. The number of fused-ring (bicyclic) bond motifs is 2. The highest BCUT2D eigenvalue weighted by Crippen LogP contribution is 2.41. The van der Waals surface area contributed by atoms with E-state index in [9.17, 15) is 4.79 Å². The van der Waals surface area contributed by atoms with Gasteiger partial charge in [-0.25, -0.2) is 0 Å². The van der Waals surface area contributed by atoms with Crippen molar-refractivity contribution in [3.05, 3.63) is 72.0 Å². The van der Waals surface area contributed by atoms with Gasteiger partial charge in [0.25, 0.3) is 0 Å². The minimum Gasteiger partial charge on any atom is -0.493 e. The van der Waals surface area contributed by atoms with Gasteiger partial charge in [-0.15, -0.1) is 0 Å². The molecular formula is C29H31NO3. The van der Waals surface area contributed by atoms with Crippen LogP contribution in [0.4, 0.5) is 0 Å². The van der Waals surface area contributed by atoms with Crippen LogP contribution in [0, 0.1) is 12.8 Å². The molecule has 0 bridgehead atoms. The van der Waals surface area contributed by atoms with E-state index >= 15 is 0 Å². The zero-order valence-electron chi connectivity index (χ0n) is 20.0. The van der Waals surface area contributed by atoms with E-state index in [1.807, 2.05) is 33.1 Å². The summed E-state index contributed by atoms with van der Waals surface area (Å²) in [6, 6.07) is 16.9. The summed E-state index contributed by atoms with van der Waals surface area (Å²) < 4.78 is 12.1. The highest BCUT2D eigenvalue weighted by atomic mass is 16.5. The van der Waals surface area contributed by atoms with Crippen molar-refractivity contribution < 1.29 is 13.9 Å². The van der Waals surface area contributed by atoms with Crippen LogP contribution >= 0.6 is 0 Å². The average Bonchev–Trinajstić information content (AvgIpc) is 3.23. The smallest absolute Gasteiger partial charge is 0.244 e. The van der Waals surface area contributed by atoms with E-state index in [1.54, 1.807) is 6.08 Å². The number of nitrogens with one attached hydrogen (secondary N) is 1. The molecule has 0 aliphatic carbocycles. The number of aryl methyl sites for hydroxylation is 1. The Morgan fingerprint density at radius 3 is 2.61 bits per heavy atom. The summed E-state index contributed by atoms with van der Waals surface area (Å²) in [6.07, 6.45) is 3.47. The van der Waals surface area contributed by atoms with Crippen molar-refractivity contribution in [2.45, 2.75) is 34.6 Å². The lowest BCUT2D eigenvalue weighted by molar-refractivity contribution is -0.116. The summed E-state index contributed by atoms with van der Waals surface area (Å²) in [5.74, 6) is 1.06. The van der Waals surface area contributed by atoms with Crippen LogP contribution in [0.5, 0.6) is 5.75 Å². The van der Waals surface area contributed by atoms with Crippen molar-refractivity contribution >= 4 is 33.2 Å². The van der Waals surface area contributed by atoms with Crippen molar-refractivity contribution in [2.75, 3.05) is 13.2 Å². The van der Waals surface area contributed by atoms with E-state index in [-0.39, 0.29) is 5.91 Å². The maximum atomic E-state index is 12.5. The zero-order chi connectivity index (χ0) is 23.5. The minimum atomic E-state index is -0.0941. The average molecular weight is 442 g/mol. The normalized spacial score (nSPS) is 12.0. The van der Waals surface area contributed by atoms with Crippen LogP contribution in [0.1, 0.15) is 38.8 Å². The van der Waals surface area contributed by atoms with Crippen LogP contribution in [0.3, 0.4) is 0 Å². The van der Waals surface area contributed by atoms with Crippen LogP contribution in [0.15, 0.2) is 65.3 Å². The van der Waals surface area contributed by atoms with E-state index in [0.717, 1.165) is 44.5 Å². The number of carbonyl (C=O) groups is 1. The zero-order valence-corrected chi connectivity index (χ0v) is 20.0. The molecule has 0 saturated carbocycles. The summed E-state index contributed by atoms with van der Waals surface area (Å²) in [7, 11) is 0. The maximum Gasteiger partial charge on any atom is 0.244 e. The Morgan fingerprint density at radius 2 is 1.88 bits per heavy atom. The number of amides is 1. The molecule has 4 aromatic rings. The third kappa shape index (κ3) is 4.65. The lowest BCUT2D eigenvalue weighted by atomic mass is 9.95. The molecule has 33 heavy (non-hydrogen) atoms. The molecule has 0 atom stereocenters. The standard InChI is InChI=1S/C29H31NO3/c1-6-32-28-20(5)29-25(15-24(28)19(4)13-27(31)30-16-18(2)3)26(17-33-29)23-12-11-21-9-7-8-10-22(21)14-23/h7-15,17-18H,6,16H2,1-5H3,(H,30,31)/b19-13+. The number of ether oxygens (including phenoxy) is 1. The third-order valence-electron chi connectivity index (χ3n) is 5.85. The topological polar surface area (TPSA) is 51.5 Å². The molecule has 0 radical (unpaired) electrons. The molecule has 0 aliphatic heterocycles. The van der Waals surface area contributed by atoms with Crippen molar-refractivity contribution in [1.82, 2.24) is 5.32 Å². The maximum absolute atomic E-state index is 12.5. The molecule has 1 heterocycles. The first kappa shape index (κ1) is 22.7. The Balaban J connectivity index is 1.84. The van der Waals surface area contributed by atoms with Gasteiger partial charge in [0.2, 0.25) is 5.91 Å². The Morgan fingerprint density at radius 1 is 1.12 bits per heavy atom. The molecular weight excluding hydrogens is 410 g/mol. The molecule has 3 aromatic carbocycles. The molecule has 1 N–H and O–H groups in total. The highest BCUT2D eigenvalue weighted by molar-refractivity contribution is 6.02. The van der Waals surface area contributed by atoms with E-state index in [2.05, 4.69) is 61.6 Å². The molecule has 0 unspecified atom stereocenters. The molecule has 0 fully saturated rings. The van der Waals surface area contributed by atoms with Crippen LogP contribution in [0.25, 0.3) is 38.4 Å². The second-order valence-electron chi connectivity index (χ2n) is 8.87. The highest BCUT2D eigenvalue weighted by Gasteiger charge is 2.19. The number of furan rings is 1. The predicted octanol–water partition coefficient (Wildman–Crippen LogP) is 7.14. The first-order valence-corrected chi connectivity index (χ1v) is 11.5. The lowest BCUT2D eigenvalue weighted by Gasteiger charge is -2.15. The van der Waals surface area contributed by atoms with Crippen LogP contribution in [-0.2, 0) is 4.79 Å². The second-order valence-corrected chi connectivity index (χ2v) is 8.87. The molecule has 0 saturated heterocycles. The summed E-state index contributed by atoms with van der Waals surface area (Å²) in [5.41, 5.74) is 5.63. The van der Waals surface area contributed by atoms with E-state index < -0.39 is 0 Å². The SMILES string of the molecule is CCOc1c(/C(C)=C/C(=O)NCC(C)C)cc2c(-c3ccc4ccccc4c3)coc2c1C. The largest absolute Gasteiger partial charge is 0.493 e. The van der Waals surface area contributed by atoms with Crippen LogP contribution in [-0.4, -0.2) is 19.1 Å². The molecule has 170 valence electrons. The van der Waals surface area contributed by atoms with Crippen molar-refractivity contribution in [1.29, 1.82) is 0 Å². The first-order valence-electron chi connectivity index (χ1n) is 11.5. The number of allylic oxidation sites excluding steroid dienone is 1. The Labute approximate surface area is 195 Å². The minimum absolute atomic E-state index is 0.0941. The third-order valence-corrected chi connectivity index (χ3v) is 5.85. The van der Waals surface area contributed by atoms with Crippen molar-refractivity contribution in [2.24, 2.45) is 5.92 Å². The van der Waals surface area contributed by atoms with Gasteiger partial charge in [-0.1, -0.05) is 50.2 Å². The van der Waals surface area contributed by atoms with Gasteiger partial charge in [0.1, 0.15) is 11.3 Å². The predicted molar refractivity (Wildman–Crippen MR) is 137 cm³/mol. The summed E-state index contributed by atoms with van der Waals surface area (Å²) in [6.45, 7) is 11.3. The molecule has 1 amide bonds. The van der Waals surface area contributed by atoms with E-state index in [4.69, 9.17) is 9.15 Å². The number of hydrogen-bond acceptors (Lipinski definition) is 3. The molecule has 0 aliphatic rings. The molecule has 0 spiro atoms. The van der Waals surface area contributed by atoms with Gasteiger partial charge in [0.05, 0.1) is 12.9 Å². The summed E-state index contributed by atoms with van der Waals surface area (Å²) >= 11 is 0. The Hall–Kier alpha value is -3.53. The fraction of sp³-hybridized carbons (Fsp3) is 0.276. The summed E-state index contributed by atoms with van der Waals surface area (Å²) in [4.78, 5) is 12.5. The quantitative estimate of drug-likeness (QED) is 0.310. The lowest BCUT2D eigenvalue weighted by Crippen LogP contribution is -2.25. The monoisotopic (exact) mass is 441 g/mol. The summed E-state index contributed by atoms with van der Waals surface area (Å²) in [5, 5.41) is 6.36. The molecule has 4 heteroatoms. The Bertz CT molecular complexity index is 1340. The van der Waals surface area contributed by atoms with Crippen molar-refractivity contribution in [3.63, 3.8) is 0 Å².